The molecule has 0 aliphatic rings. The zero-order chi connectivity index (χ0) is 11.7. The molecule has 2 rings (SSSR count). The Kier molecular flexibility index (Phi) is 2.57. The Morgan fingerprint density at radius 1 is 1.50 bits per heavy atom. The average molecular weight is 239 g/mol. The van der Waals surface area contributed by atoms with Gasteiger partial charge in [-0.1, -0.05) is 17.7 Å². The molecule has 0 bridgehead atoms. The molecule has 1 aromatic carbocycles. The van der Waals surface area contributed by atoms with Crippen molar-refractivity contribution in [3.63, 3.8) is 0 Å². The summed E-state index contributed by atoms with van der Waals surface area (Å²) in [4.78, 5) is 10.4. The Labute approximate surface area is 95.6 Å². The summed E-state index contributed by atoms with van der Waals surface area (Å²) in [5.74, 6) is 0.373. The first-order chi connectivity index (χ1) is 7.61. The van der Waals surface area contributed by atoms with E-state index in [1.807, 2.05) is 0 Å². The number of rotatable bonds is 2. The lowest BCUT2D eigenvalue weighted by Gasteiger charge is -2.03. The SMILES string of the molecule is Cn1cnnc1-c1c(Cl)cccc1[N+](=O)[O-]. The molecular weight excluding hydrogens is 232 g/mol. The Balaban J connectivity index is 2.73. The van der Waals surface area contributed by atoms with Gasteiger partial charge in [-0.3, -0.25) is 10.1 Å². The van der Waals surface area contributed by atoms with Crippen molar-refractivity contribution in [2.75, 3.05) is 0 Å². The predicted molar refractivity (Wildman–Crippen MR) is 58.1 cm³/mol. The molecule has 1 heterocycles. The molecule has 0 N–H and O–H groups in total. The quantitative estimate of drug-likeness (QED) is 0.593. The third-order valence-electron chi connectivity index (χ3n) is 2.12. The zero-order valence-electron chi connectivity index (χ0n) is 8.29. The highest BCUT2D eigenvalue weighted by Gasteiger charge is 2.21. The summed E-state index contributed by atoms with van der Waals surface area (Å²) in [7, 11) is 1.70. The van der Waals surface area contributed by atoms with Gasteiger partial charge in [0.1, 0.15) is 11.9 Å². The van der Waals surface area contributed by atoms with Crippen molar-refractivity contribution in [3.8, 4) is 11.4 Å². The first kappa shape index (κ1) is 10.6. The molecule has 0 aliphatic heterocycles. The third-order valence-corrected chi connectivity index (χ3v) is 2.44. The number of aryl methyl sites for hydroxylation is 1. The maximum Gasteiger partial charge on any atom is 0.281 e. The van der Waals surface area contributed by atoms with Crippen LogP contribution in [0.25, 0.3) is 11.4 Å². The number of halogens is 1. The highest BCUT2D eigenvalue weighted by Crippen LogP contribution is 2.34. The van der Waals surface area contributed by atoms with Gasteiger partial charge in [0.15, 0.2) is 5.82 Å². The van der Waals surface area contributed by atoms with Crippen molar-refractivity contribution < 1.29 is 4.92 Å². The maximum absolute atomic E-state index is 10.9. The van der Waals surface area contributed by atoms with Gasteiger partial charge in [-0.05, 0) is 6.07 Å². The van der Waals surface area contributed by atoms with Crippen LogP contribution in [0.1, 0.15) is 0 Å². The van der Waals surface area contributed by atoms with Gasteiger partial charge in [-0.2, -0.15) is 0 Å². The lowest BCUT2D eigenvalue weighted by Crippen LogP contribution is -1.97. The summed E-state index contributed by atoms with van der Waals surface area (Å²) < 4.78 is 1.58. The molecule has 16 heavy (non-hydrogen) atoms. The molecule has 2 aromatic rings. The topological polar surface area (TPSA) is 73.8 Å². The van der Waals surface area contributed by atoms with Crippen LogP contribution in [-0.4, -0.2) is 19.7 Å². The molecule has 0 spiro atoms. The van der Waals surface area contributed by atoms with Crippen LogP contribution in [-0.2, 0) is 7.05 Å². The minimum Gasteiger partial charge on any atom is -0.316 e. The van der Waals surface area contributed by atoms with Gasteiger partial charge >= 0.3 is 0 Å². The molecule has 6 nitrogen and oxygen atoms in total. The number of benzene rings is 1. The highest BCUT2D eigenvalue weighted by atomic mass is 35.5. The second-order valence-electron chi connectivity index (χ2n) is 3.16. The van der Waals surface area contributed by atoms with Gasteiger partial charge in [0, 0.05) is 13.1 Å². The van der Waals surface area contributed by atoms with Crippen molar-refractivity contribution in [1.29, 1.82) is 0 Å². The maximum atomic E-state index is 10.9. The monoisotopic (exact) mass is 238 g/mol. The zero-order valence-corrected chi connectivity index (χ0v) is 9.05. The second-order valence-corrected chi connectivity index (χ2v) is 3.56. The van der Waals surface area contributed by atoms with E-state index in [0.717, 1.165) is 0 Å². The Morgan fingerprint density at radius 2 is 2.25 bits per heavy atom. The lowest BCUT2D eigenvalue weighted by molar-refractivity contribution is -0.384. The summed E-state index contributed by atoms with van der Waals surface area (Å²) >= 11 is 5.95. The van der Waals surface area contributed by atoms with Gasteiger partial charge in [-0.15, -0.1) is 10.2 Å². The van der Waals surface area contributed by atoms with E-state index in [4.69, 9.17) is 11.6 Å². The largest absolute Gasteiger partial charge is 0.316 e. The molecule has 0 amide bonds. The molecule has 0 saturated carbocycles. The van der Waals surface area contributed by atoms with E-state index in [9.17, 15) is 10.1 Å². The molecule has 1 aromatic heterocycles. The van der Waals surface area contributed by atoms with Crippen LogP contribution in [0.4, 0.5) is 5.69 Å². The van der Waals surface area contributed by atoms with Gasteiger partial charge in [0.2, 0.25) is 0 Å². The van der Waals surface area contributed by atoms with E-state index < -0.39 is 4.92 Å². The molecule has 0 fully saturated rings. The number of nitro groups is 1. The van der Waals surface area contributed by atoms with Crippen LogP contribution in [0.3, 0.4) is 0 Å². The van der Waals surface area contributed by atoms with Crippen LogP contribution in [0.15, 0.2) is 24.5 Å². The molecule has 7 heteroatoms. The van der Waals surface area contributed by atoms with Crippen molar-refractivity contribution in [2.24, 2.45) is 7.05 Å². The van der Waals surface area contributed by atoms with E-state index in [0.29, 0.717) is 5.82 Å². The Hall–Kier alpha value is -1.95. The lowest BCUT2D eigenvalue weighted by atomic mass is 10.1. The molecule has 82 valence electrons. The standard InChI is InChI=1S/C9H7ClN4O2/c1-13-5-11-12-9(13)8-6(10)3-2-4-7(8)14(15)16/h2-5H,1H3. The molecule has 0 saturated heterocycles. The summed E-state index contributed by atoms with van der Waals surface area (Å²) in [5.41, 5.74) is 0.206. The van der Waals surface area contributed by atoms with Crippen LogP contribution in [0.5, 0.6) is 0 Å². The van der Waals surface area contributed by atoms with Crippen molar-refractivity contribution >= 4 is 17.3 Å². The average Bonchev–Trinajstić information content (AvgIpc) is 2.64. The van der Waals surface area contributed by atoms with E-state index in [1.54, 1.807) is 17.7 Å². The second kappa shape index (κ2) is 3.90. The summed E-state index contributed by atoms with van der Waals surface area (Å²) in [5, 5.41) is 18.6. The minimum atomic E-state index is -0.490. The van der Waals surface area contributed by atoms with E-state index in [-0.39, 0.29) is 16.3 Å². The van der Waals surface area contributed by atoms with Gasteiger partial charge in [-0.25, -0.2) is 0 Å². The van der Waals surface area contributed by atoms with E-state index >= 15 is 0 Å². The van der Waals surface area contributed by atoms with Crippen LogP contribution >= 0.6 is 11.6 Å². The predicted octanol–water partition coefficient (Wildman–Crippen LogP) is 2.04. The first-order valence-electron chi connectivity index (χ1n) is 4.38. The molecule has 0 radical (unpaired) electrons. The third kappa shape index (κ3) is 1.63. The Morgan fingerprint density at radius 3 is 2.81 bits per heavy atom. The van der Waals surface area contributed by atoms with E-state index in [2.05, 4.69) is 10.2 Å². The van der Waals surface area contributed by atoms with Crippen LogP contribution in [0, 0.1) is 10.1 Å². The Bertz CT molecular complexity index is 552. The number of hydrogen-bond donors (Lipinski definition) is 0. The number of aromatic nitrogens is 3. The van der Waals surface area contributed by atoms with Crippen molar-refractivity contribution in [3.05, 3.63) is 39.7 Å². The van der Waals surface area contributed by atoms with E-state index in [1.165, 1.54) is 18.5 Å². The molecule has 0 atom stereocenters. The number of nitrogens with zero attached hydrogens (tertiary/aromatic N) is 4. The van der Waals surface area contributed by atoms with Gasteiger partial charge in [0.05, 0.1) is 9.95 Å². The number of hydrogen-bond acceptors (Lipinski definition) is 4. The normalized spacial score (nSPS) is 10.4. The van der Waals surface area contributed by atoms with Crippen LogP contribution < -0.4 is 0 Å². The first-order valence-corrected chi connectivity index (χ1v) is 4.76. The van der Waals surface area contributed by atoms with Crippen molar-refractivity contribution in [2.45, 2.75) is 0 Å². The fourth-order valence-corrected chi connectivity index (χ4v) is 1.65. The minimum absolute atomic E-state index is 0.0800. The molecular formula is C9H7ClN4O2. The van der Waals surface area contributed by atoms with Crippen molar-refractivity contribution in [1.82, 2.24) is 14.8 Å². The van der Waals surface area contributed by atoms with Gasteiger partial charge < -0.3 is 4.57 Å². The van der Waals surface area contributed by atoms with Gasteiger partial charge in [0.25, 0.3) is 5.69 Å². The molecule has 0 unspecified atom stereocenters. The van der Waals surface area contributed by atoms with Crippen LogP contribution in [0.2, 0.25) is 5.02 Å². The fourth-order valence-electron chi connectivity index (χ4n) is 1.40. The molecule has 0 aliphatic carbocycles. The fraction of sp³-hybridized carbons (Fsp3) is 0.111. The summed E-state index contributed by atoms with van der Waals surface area (Å²) in [6.07, 6.45) is 1.46. The highest BCUT2D eigenvalue weighted by molar-refractivity contribution is 6.33. The summed E-state index contributed by atoms with van der Waals surface area (Å²) in [6.45, 7) is 0. The smallest absolute Gasteiger partial charge is 0.281 e. The number of nitro benzene ring substituents is 1. The summed E-state index contributed by atoms with van der Waals surface area (Å²) in [6, 6.07) is 4.49.